The smallest absolute Gasteiger partial charge is 0.277 e. The monoisotopic (exact) mass is 357 g/mol. The molecule has 26 heavy (non-hydrogen) atoms. The summed E-state index contributed by atoms with van der Waals surface area (Å²) in [5, 5.41) is 8.16. The minimum absolute atomic E-state index is 0.208. The molecule has 1 aromatic heterocycles. The van der Waals surface area contributed by atoms with Gasteiger partial charge in [-0.25, -0.2) is 5.06 Å². The van der Waals surface area contributed by atoms with Gasteiger partial charge in [-0.3, -0.25) is 14.4 Å². The zero-order valence-corrected chi connectivity index (χ0v) is 15.5. The first-order valence-electron chi connectivity index (χ1n) is 8.72. The van der Waals surface area contributed by atoms with Crippen molar-refractivity contribution in [2.45, 2.75) is 34.1 Å². The Labute approximate surface area is 152 Å². The first kappa shape index (κ1) is 18.1. The van der Waals surface area contributed by atoms with E-state index < -0.39 is 0 Å². The second-order valence-electron chi connectivity index (χ2n) is 6.66. The van der Waals surface area contributed by atoms with Crippen LogP contribution in [0.4, 0.5) is 5.69 Å². The minimum atomic E-state index is -0.292. The summed E-state index contributed by atoms with van der Waals surface area (Å²) < 4.78 is 5.13. The molecule has 7 heteroatoms. The van der Waals surface area contributed by atoms with E-state index in [0.29, 0.717) is 53.8 Å². The van der Waals surface area contributed by atoms with Gasteiger partial charge in [-0.2, -0.15) is 0 Å². The van der Waals surface area contributed by atoms with Crippen LogP contribution in [0.3, 0.4) is 0 Å². The lowest BCUT2D eigenvalue weighted by Crippen LogP contribution is -2.27. The summed E-state index contributed by atoms with van der Waals surface area (Å²) in [4.78, 5) is 30.7. The average molecular weight is 357 g/mol. The van der Waals surface area contributed by atoms with E-state index in [2.05, 4.69) is 10.5 Å². The third kappa shape index (κ3) is 3.48. The van der Waals surface area contributed by atoms with E-state index in [0.717, 1.165) is 5.56 Å². The van der Waals surface area contributed by atoms with E-state index in [4.69, 9.17) is 9.36 Å². The van der Waals surface area contributed by atoms with Crippen LogP contribution in [0, 0.1) is 19.8 Å². The summed E-state index contributed by atoms with van der Waals surface area (Å²) in [5.41, 5.74) is 2.97. The Kier molecular flexibility index (Phi) is 5.08. The van der Waals surface area contributed by atoms with E-state index in [1.54, 1.807) is 19.1 Å². The van der Waals surface area contributed by atoms with E-state index in [-0.39, 0.29) is 11.8 Å². The van der Waals surface area contributed by atoms with Crippen molar-refractivity contribution in [1.82, 2.24) is 10.2 Å². The maximum absolute atomic E-state index is 12.7. The zero-order chi connectivity index (χ0) is 18.8. The summed E-state index contributed by atoms with van der Waals surface area (Å²) in [5.74, 6) is 0.288. The molecular weight excluding hydrogens is 334 g/mol. The summed E-state index contributed by atoms with van der Waals surface area (Å²) in [6.45, 7) is 8.62. The van der Waals surface area contributed by atoms with Crippen molar-refractivity contribution in [3.63, 3.8) is 0 Å². The van der Waals surface area contributed by atoms with Crippen LogP contribution in [-0.2, 0) is 11.3 Å². The molecule has 2 heterocycles. The molecule has 0 saturated carbocycles. The molecule has 3 rings (SSSR count). The number of rotatable bonds is 4. The van der Waals surface area contributed by atoms with Crippen LogP contribution >= 0.6 is 0 Å². The molecule has 0 spiro atoms. The fourth-order valence-corrected chi connectivity index (χ4v) is 2.92. The van der Waals surface area contributed by atoms with Crippen LogP contribution in [0.1, 0.15) is 51.6 Å². The molecule has 1 aliphatic rings. The Morgan fingerprint density at radius 1 is 1.35 bits per heavy atom. The van der Waals surface area contributed by atoms with Gasteiger partial charge in [0.15, 0.2) is 0 Å². The topological polar surface area (TPSA) is 84.7 Å². The highest BCUT2D eigenvalue weighted by molar-refractivity contribution is 6.06. The number of aromatic nitrogens is 1. The van der Waals surface area contributed by atoms with Crippen molar-refractivity contribution < 1.29 is 18.9 Å². The lowest BCUT2D eigenvalue weighted by molar-refractivity contribution is -0.0772. The predicted molar refractivity (Wildman–Crippen MR) is 95.9 cm³/mol. The lowest BCUT2D eigenvalue weighted by atomic mass is 10.1. The number of benzene rings is 1. The fraction of sp³-hybridized carbons (Fsp3) is 0.421. The Balaban J connectivity index is 1.83. The van der Waals surface area contributed by atoms with Crippen LogP contribution in [0.25, 0.3) is 0 Å². The largest absolute Gasteiger partial charge is 0.361 e. The normalized spacial score (nSPS) is 16.8. The zero-order valence-electron chi connectivity index (χ0n) is 15.5. The van der Waals surface area contributed by atoms with Crippen molar-refractivity contribution in [3.05, 3.63) is 46.3 Å². The number of nitrogens with zero attached hydrogens (tertiary/aromatic N) is 2. The molecule has 1 saturated heterocycles. The molecular formula is C19H23N3O4. The fourth-order valence-electron chi connectivity index (χ4n) is 2.92. The third-order valence-electron chi connectivity index (χ3n) is 4.45. The maximum Gasteiger partial charge on any atom is 0.277 e. The summed E-state index contributed by atoms with van der Waals surface area (Å²) in [6, 6.07) is 5.22. The molecule has 1 unspecified atom stereocenters. The minimum Gasteiger partial charge on any atom is -0.361 e. The molecule has 2 aromatic rings. The van der Waals surface area contributed by atoms with Crippen molar-refractivity contribution in [2.75, 3.05) is 18.5 Å². The molecule has 0 radical (unpaired) electrons. The van der Waals surface area contributed by atoms with Crippen LogP contribution < -0.4 is 5.32 Å². The number of nitrogens with one attached hydrogen (secondary N) is 1. The van der Waals surface area contributed by atoms with E-state index >= 15 is 0 Å². The number of hydrogen-bond acceptors (Lipinski definition) is 5. The quantitative estimate of drug-likeness (QED) is 0.909. The van der Waals surface area contributed by atoms with Crippen molar-refractivity contribution in [3.8, 4) is 0 Å². The number of carbonyl (C=O) groups is 2. The second kappa shape index (κ2) is 7.29. The third-order valence-corrected chi connectivity index (χ3v) is 4.45. The molecule has 1 N–H and O–H groups in total. The van der Waals surface area contributed by atoms with Crippen LogP contribution in [0.5, 0.6) is 0 Å². The average Bonchev–Trinajstić information content (AvgIpc) is 3.21. The second-order valence-corrected chi connectivity index (χ2v) is 6.66. The number of carbonyl (C=O) groups excluding carboxylic acids is 2. The van der Waals surface area contributed by atoms with Gasteiger partial charge < -0.3 is 9.84 Å². The Morgan fingerprint density at radius 3 is 2.77 bits per heavy atom. The lowest BCUT2D eigenvalue weighted by Gasteiger charge is -2.16. The van der Waals surface area contributed by atoms with Crippen molar-refractivity contribution in [2.24, 2.45) is 5.92 Å². The number of amides is 2. The van der Waals surface area contributed by atoms with Crippen molar-refractivity contribution in [1.29, 1.82) is 0 Å². The molecule has 0 aliphatic carbocycles. The van der Waals surface area contributed by atoms with Crippen LogP contribution in [0.2, 0.25) is 0 Å². The standard InChI is InChI=1S/C19H23N3O4/c1-5-15-17(13(4)26-21-15)18(23)20-16-8-14(7-6-12(16)3)19(24)22-9-11(2)10-25-22/h6-8,11H,5,9-10H2,1-4H3,(H,20,23). The number of hydroxylamine groups is 2. The molecule has 1 fully saturated rings. The summed E-state index contributed by atoms with van der Waals surface area (Å²) in [7, 11) is 0. The van der Waals surface area contributed by atoms with Gasteiger partial charge in [0.25, 0.3) is 11.8 Å². The van der Waals surface area contributed by atoms with Gasteiger partial charge in [-0.05, 0) is 38.0 Å². The van der Waals surface area contributed by atoms with Gasteiger partial charge in [0.1, 0.15) is 11.3 Å². The highest BCUT2D eigenvalue weighted by atomic mass is 16.7. The van der Waals surface area contributed by atoms with Gasteiger partial charge in [-0.1, -0.05) is 25.1 Å². The predicted octanol–water partition coefficient (Wildman–Crippen LogP) is 3.13. The summed E-state index contributed by atoms with van der Waals surface area (Å²) >= 11 is 0. The highest BCUT2D eigenvalue weighted by Crippen LogP contribution is 2.23. The number of anilines is 1. The van der Waals surface area contributed by atoms with Gasteiger partial charge in [-0.15, -0.1) is 0 Å². The van der Waals surface area contributed by atoms with E-state index in [9.17, 15) is 9.59 Å². The van der Waals surface area contributed by atoms with Crippen LogP contribution in [0.15, 0.2) is 22.7 Å². The summed E-state index contributed by atoms with van der Waals surface area (Å²) in [6.07, 6.45) is 0.599. The van der Waals surface area contributed by atoms with Gasteiger partial charge >= 0.3 is 0 Å². The highest BCUT2D eigenvalue weighted by Gasteiger charge is 2.26. The Bertz CT molecular complexity index is 843. The number of hydrogen-bond donors (Lipinski definition) is 1. The first-order chi connectivity index (χ1) is 12.4. The number of aryl methyl sites for hydroxylation is 3. The maximum atomic E-state index is 12.7. The van der Waals surface area contributed by atoms with E-state index in [1.807, 2.05) is 26.8 Å². The van der Waals surface area contributed by atoms with Gasteiger partial charge in [0.05, 0.1) is 18.8 Å². The molecule has 1 aromatic carbocycles. The molecule has 138 valence electrons. The molecule has 1 atom stereocenters. The SMILES string of the molecule is CCc1noc(C)c1C(=O)Nc1cc(C(=O)N2CC(C)CO2)ccc1C. The van der Waals surface area contributed by atoms with Gasteiger partial charge in [0, 0.05) is 17.2 Å². The van der Waals surface area contributed by atoms with Crippen molar-refractivity contribution >= 4 is 17.5 Å². The Hall–Kier alpha value is -2.67. The molecule has 1 aliphatic heterocycles. The molecule has 0 bridgehead atoms. The van der Waals surface area contributed by atoms with E-state index in [1.165, 1.54) is 5.06 Å². The molecule has 2 amide bonds. The van der Waals surface area contributed by atoms with Gasteiger partial charge in [0.2, 0.25) is 0 Å². The molecule has 7 nitrogen and oxygen atoms in total. The first-order valence-corrected chi connectivity index (χ1v) is 8.72. The Morgan fingerprint density at radius 2 is 2.12 bits per heavy atom. The van der Waals surface area contributed by atoms with Crippen LogP contribution in [-0.4, -0.2) is 35.2 Å².